The molecule has 0 fully saturated rings. The van der Waals surface area contributed by atoms with E-state index in [1.807, 2.05) is 31.3 Å². The first-order valence-corrected chi connectivity index (χ1v) is 10.1. The Hall–Kier alpha value is -2.26. The van der Waals surface area contributed by atoms with E-state index in [0.29, 0.717) is 12.5 Å². The number of halogens is 2. The Morgan fingerprint density at radius 1 is 0.793 bits per heavy atom. The minimum Gasteiger partial charge on any atom is -0.492 e. The zero-order chi connectivity index (χ0) is 19.6. The van der Waals surface area contributed by atoms with Crippen molar-refractivity contribution < 1.29 is 4.74 Å². The fourth-order valence-corrected chi connectivity index (χ4v) is 3.45. The van der Waals surface area contributed by atoms with Gasteiger partial charge in [0.2, 0.25) is 0 Å². The highest BCUT2D eigenvalue weighted by molar-refractivity contribution is 6.18. The molecule has 3 rings (SSSR count). The zero-order valence-corrected chi connectivity index (χ0v) is 18.2. The molecule has 0 aliphatic carbocycles. The lowest BCUT2D eigenvalue weighted by Crippen LogP contribution is -2.15. The highest BCUT2D eigenvalue weighted by atomic mass is 35.5. The molecule has 0 heterocycles. The fourth-order valence-electron chi connectivity index (χ4n) is 3.26. The van der Waals surface area contributed by atoms with Gasteiger partial charge in [-0.15, -0.1) is 24.0 Å². The van der Waals surface area contributed by atoms with Crippen LogP contribution in [-0.4, -0.2) is 26.1 Å². The number of hydrogen-bond acceptors (Lipinski definition) is 2. The van der Waals surface area contributed by atoms with Crippen molar-refractivity contribution in [1.82, 2.24) is 5.32 Å². The van der Waals surface area contributed by atoms with Crippen LogP contribution in [0.1, 0.15) is 23.1 Å². The van der Waals surface area contributed by atoms with Crippen LogP contribution < -0.4 is 10.1 Å². The summed E-state index contributed by atoms with van der Waals surface area (Å²) in [6.07, 6.45) is 0.802. The molecule has 0 aliphatic heterocycles. The number of allylic oxidation sites excluding steroid dienone is 1. The Bertz CT molecular complexity index is 878. The van der Waals surface area contributed by atoms with Crippen LogP contribution >= 0.6 is 24.0 Å². The standard InChI is InChI=1S/C25H26ClNO.ClH/c1-27-18-19-28-23-14-12-22(13-15-23)25(21-10-6-3-7-11-21)24(16-17-26)20-8-4-2-5-9-20;/h2-15,27H,16-19H2,1H3;1H. The first kappa shape index (κ1) is 23.0. The maximum Gasteiger partial charge on any atom is 0.119 e. The Balaban J connectivity index is 0.00000300. The van der Waals surface area contributed by atoms with E-state index in [9.17, 15) is 0 Å². The van der Waals surface area contributed by atoms with E-state index >= 15 is 0 Å². The lowest BCUT2D eigenvalue weighted by molar-refractivity contribution is 0.318. The average Bonchev–Trinajstić information content (AvgIpc) is 2.76. The van der Waals surface area contributed by atoms with Crippen molar-refractivity contribution in [3.05, 3.63) is 102 Å². The summed E-state index contributed by atoms with van der Waals surface area (Å²) in [5, 5.41) is 3.09. The molecule has 0 unspecified atom stereocenters. The summed E-state index contributed by atoms with van der Waals surface area (Å²) in [5.41, 5.74) is 6.03. The van der Waals surface area contributed by atoms with Crippen LogP contribution in [-0.2, 0) is 0 Å². The summed E-state index contributed by atoms with van der Waals surface area (Å²) in [6, 6.07) is 29.4. The van der Waals surface area contributed by atoms with Gasteiger partial charge in [0.1, 0.15) is 12.4 Å². The lowest BCUT2D eigenvalue weighted by Gasteiger charge is -2.17. The smallest absolute Gasteiger partial charge is 0.119 e. The normalized spacial score (nSPS) is 11.4. The third kappa shape index (κ3) is 6.37. The molecule has 29 heavy (non-hydrogen) atoms. The third-order valence-corrected chi connectivity index (χ3v) is 4.78. The minimum absolute atomic E-state index is 0. The van der Waals surface area contributed by atoms with E-state index in [-0.39, 0.29) is 12.4 Å². The molecular formula is C25H27Cl2NO. The van der Waals surface area contributed by atoms with Gasteiger partial charge in [-0.2, -0.15) is 0 Å². The molecule has 0 spiro atoms. The SMILES string of the molecule is CNCCOc1ccc(C(=C(CCCl)c2ccccc2)c2ccccc2)cc1.Cl. The first-order chi connectivity index (χ1) is 13.8. The molecule has 0 atom stereocenters. The summed E-state index contributed by atoms with van der Waals surface area (Å²) in [7, 11) is 1.92. The number of nitrogens with one attached hydrogen (secondary N) is 1. The fraction of sp³-hybridized carbons (Fsp3) is 0.200. The van der Waals surface area contributed by atoms with Crippen molar-refractivity contribution in [2.24, 2.45) is 0 Å². The van der Waals surface area contributed by atoms with Gasteiger partial charge in [-0.05, 0) is 53.4 Å². The quantitative estimate of drug-likeness (QED) is 0.246. The minimum atomic E-state index is 0. The van der Waals surface area contributed by atoms with E-state index < -0.39 is 0 Å². The van der Waals surface area contributed by atoms with Gasteiger partial charge in [0.15, 0.2) is 0 Å². The van der Waals surface area contributed by atoms with Crippen molar-refractivity contribution in [2.75, 3.05) is 26.1 Å². The van der Waals surface area contributed by atoms with Crippen LogP contribution in [0.2, 0.25) is 0 Å². The second-order valence-electron chi connectivity index (χ2n) is 6.50. The van der Waals surface area contributed by atoms with Crippen LogP contribution in [0.15, 0.2) is 84.9 Å². The van der Waals surface area contributed by atoms with Crippen molar-refractivity contribution in [3.63, 3.8) is 0 Å². The molecule has 4 heteroatoms. The summed E-state index contributed by atoms with van der Waals surface area (Å²) in [5.74, 6) is 1.45. The second-order valence-corrected chi connectivity index (χ2v) is 6.88. The predicted molar refractivity (Wildman–Crippen MR) is 127 cm³/mol. The number of alkyl halides is 1. The molecular weight excluding hydrogens is 401 g/mol. The largest absolute Gasteiger partial charge is 0.492 e. The summed E-state index contributed by atoms with van der Waals surface area (Å²) in [4.78, 5) is 0. The van der Waals surface area contributed by atoms with Crippen molar-refractivity contribution in [2.45, 2.75) is 6.42 Å². The summed E-state index contributed by atoms with van der Waals surface area (Å²) in [6.45, 7) is 1.48. The monoisotopic (exact) mass is 427 g/mol. The van der Waals surface area contributed by atoms with Crippen LogP contribution in [0, 0.1) is 0 Å². The lowest BCUT2D eigenvalue weighted by atomic mass is 9.88. The van der Waals surface area contributed by atoms with E-state index in [0.717, 1.165) is 24.3 Å². The van der Waals surface area contributed by atoms with E-state index in [1.54, 1.807) is 0 Å². The molecule has 0 aliphatic rings. The summed E-state index contributed by atoms with van der Waals surface area (Å²) < 4.78 is 5.78. The maximum atomic E-state index is 6.20. The van der Waals surface area contributed by atoms with Gasteiger partial charge in [-0.1, -0.05) is 72.8 Å². The number of ether oxygens (including phenoxy) is 1. The molecule has 0 saturated heterocycles. The number of benzene rings is 3. The van der Waals surface area contributed by atoms with Crippen molar-refractivity contribution >= 4 is 35.2 Å². The Kier molecular flexibility index (Phi) is 9.79. The van der Waals surface area contributed by atoms with Gasteiger partial charge in [0, 0.05) is 12.4 Å². The van der Waals surface area contributed by atoms with Crippen molar-refractivity contribution in [3.8, 4) is 5.75 Å². The van der Waals surface area contributed by atoms with Crippen LogP contribution in [0.3, 0.4) is 0 Å². The molecule has 1 N–H and O–H groups in total. The van der Waals surface area contributed by atoms with Gasteiger partial charge < -0.3 is 10.1 Å². The van der Waals surface area contributed by atoms with Gasteiger partial charge in [-0.25, -0.2) is 0 Å². The van der Waals surface area contributed by atoms with E-state index in [4.69, 9.17) is 16.3 Å². The number of rotatable bonds is 9. The molecule has 152 valence electrons. The predicted octanol–water partition coefficient (Wildman–Crippen LogP) is 6.29. The second kappa shape index (κ2) is 12.3. The molecule has 3 aromatic rings. The molecule has 3 aromatic carbocycles. The van der Waals surface area contributed by atoms with E-state index in [1.165, 1.54) is 22.3 Å². The molecule has 0 aromatic heterocycles. The third-order valence-electron chi connectivity index (χ3n) is 4.59. The Morgan fingerprint density at radius 3 is 1.90 bits per heavy atom. The highest BCUT2D eigenvalue weighted by Gasteiger charge is 2.14. The molecule has 0 bridgehead atoms. The molecule has 0 amide bonds. The zero-order valence-electron chi connectivity index (χ0n) is 16.6. The van der Waals surface area contributed by atoms with Gasteiger partial charge in [0.05, 0.1) is 0 Å². The molecule has 2 nitrogen and oxygen atoms in total. The first-order valence-electron chi connectivity index (χ1n) is 9.61. The average molecular weight is 428 g/mol. The van der Waals surface area contributed by atoms with Crippen LogP contribution in [0.4, 0.5) is 0 Å². The topological polar surface area (TPSA) is 21.3 Å². The molecule has 0 saturated carbocycles. The van der Waals surface area contributed by atoms with Gasteiger partial charge >= 0.3 is 0 Å². The van der Waals surface area contributed by atoms with Crippen LogP contribution in [0.5, 0.6) is 5.75 Å². The van der Waals surface area contributed by atoms with Crippen LogP contribution in [0.25, 0.3) is 11.1 Å². The number of likely N-dealkylation sites (N-methyl/N-ethyl adjacent to an activating group) is 1. The van der Waals surface area contributed by atoms with Gasteiger partial charge in [-0.3, -0.25) is 0 Å². The Morgan fingerprint density at radius 2 is 1.34 bits per heavy atom. The van der Waals surface area contributed by atoms with Crippen molar-refractivity contribution in [1.29, 1.82) is 0 Å². The maximum absolute atomic E-state index is 6.20. The molecule has 0 radical (unpaired) electrons. The Labute approximate surface area is 185 Å². The highest BCUT2D eigenvalue weighted by Crippen LogP contribution is 2.35. The summed E-state index contributed by atoms with van der Waals surface area (Å²) >= 11 is 6.20. The van der Waals surface area contributed by atoms with E-state index in [2.05, 4.69) is 66.0 Å². The van der Waals surface area contributed by atoms with Gasteiger partial charge in [0.25, 0.3) is 0 Å². The number of hydrogen-bond donors (Lipinski definition) is 1.